The van der Waals surface area contributed by atoms with E-state index in [-0.39, 0.29) is 0 Å². The first-order valence-corrected chi connectivity index (χ1v) is 7.22. The van der Waals surface area contributed by atoms with E-state index in [1.807, 2.05) is 30.6 Å². The van der Waals surface area contributed by atoms with E-state index in [2.05, 4.69) is 19.9 Å². The molecule has 0 radical (unpaired) electrons. The lowest BCUT2D eigenvalue weighted by Crippen LogP contribution is -2.22. The minimum atomic E-state index is 0.543. The normalized spacial score (nSPS) is 19.1. The van der Waals surface area contributed by atoms with Crippen LogP contribution in [0.5, 0.6) is 0 Å². The average Bonchev–Trinajstić information content (AvgIpc) is 3.16. The lowest BCUT2D eigenvalue weighted by Gasteiger charge is -2.23. The fourth-order valence-electron chi connectivity index (χ4n) is 2.92. The number of imidazole rings is 1. The molecule has 2 aromatic heterocycles. The maximum Gasteiger partial charge on any atom is 0.146 e. The van der Waals surface area contributed by atoms with Gasteiger partial charge < -0.3 is 9.30 Å². The first-order chi connectivity index (χ1) is 10.4. The zero-order valence-electron chi connectivity index (χ0n) is 11.6. The summed E-state index contributed by atoms with van der Waals surface area (Å²) in [7, 11) is 0. The molecule has 3 aromatic rings. The van der Waals surface area contributed by atoms with Crippen LogP contribution in [0.15, 0.2) is 35.2 Å². The summed E-state index contributed by atoms with van der Waals surface area (Å²) in [5.74, 6) is 1.45. The fraction of sp³-hybridized carbons (Fsp3) is 0.400. The van der Waals surface area contributed by atoms with Crippen LogP contribution in [0.3, 0.4) is 0 Å². The van der Waals surface area contributed by atoms with Gasteiger partial charge in [0.05, 0.1) is 6.61 Å². The van der Waals surface area contributed by atoms with E-state index in [0.717, 1.165) is 48.6 Å². The maximum atomic E-state index is 5.56. The fourth-order valence-corrected chi connectivity index (χ4v) is 2.92. The van der Waals surface area contributed by atoms with Crippen LogP contribution < -0.4 is 0 Å². The molecule has 3 heterocycles. The second-order valence-corrected chi connectivity index (χ2v) is 5.42. The molecular weight excluding hydrogens is 268 g/mol. The number of hydrogen-bond acceptors (Lipinski definition) is 5. The summed E-state index contributed by atoms with van der Waals surface area (Å²) in [6.07, 6.45) is 6.17. The van der Waals surface area contributed by atoms with E-state index < -0.39 is 0 Å². The summed E-state index contributed by atoms with van der Waals surface area (Å²) in [5.41, 5.74) is 2.46. The van der Waals surface area contributed by atoms with Gasteiger partial charge >= 0.3 is 0 Å². The molecule has 4 rings (SSSR count). The molecule has 0 amide bonds. The topological polar surface area (TPSA) is 66.0 Å². The molecule has 1 aliphatic rings. The summed E-state index contributed by atoms with van der Waals surface area (Å²) in [4.78, 5) is 4.49. The molecule has 1 atom stereocenters. The summed E-state index contributed by atoms with van der Waals surface area (Å²) < 4.78 is 12.6. The van der Waals surface area contributed by atoms with E-state index in [9.17, 15) is 0 Å². The Labute approximate surface area is 121 Å². The van der Waals surface area contributed by atoms with E-state index in [1.165, 1.54) is 6.42 Å². The third-order valence-electron chi connectivity index (χ3n) is 3.95. The smallest absolute Gasteiger partial charge is 0.146 e. The zero-order chi connectivity index (χ0) is 14.1. The van der Waals surface area contributed by atoms with Gasteiger partial charge in [-0.3, -0.25) is 0 Å². The Morgan fingerprint density at radius 2 is 2.29 bits per heavy atom. The number of aromatic nitrogens is 4. The van der Waals surface area contributed by atoms with Crippen LogP contribution in [0, 0.1) is 5.92 Å². The van der Waals surface area contributed by atoms with Gasteiger partial charge in [-0.15, -0.1) is 0 Å². The minimum Gasteiger partial charge on any atom is -0.381 e. The number of fused-ring (bicyclic) bond motifs is 1. The van der Waals surface area contributed by atoms with Crippen LogP contribution in [0.25, 0.3) is 22.4 Å². The molecule has 0 bridgehead atoms. The number of nitrogens with zero attached hydrogens (tertiary/aromatic N) is 4. The van der Waals surface area contributed by atoms with Crippen molar-refractivity contribution in [2.75, 3.05) is 13.2 Å². The molecule has 1 aliphatic heterocycles. The number of benzene rings is 1. The lowest BCUT2D eigenvalue weighted by atomic mass is 10.0. The Balaban J connectivity index is 1.69. The highest BCUT2D eigenvalue weighted by molar-refractivity contribution is 5.88. The second kappa shape index (κ2) is 5.29. The molecule has 0 spiro atoms. The highest BCUT2D eigenvalue weighted by Gasteiger charge is 2.18. The van der Waals surface area contributed by atoms with Gasteiger partial charge in [0.2, 0.25) is 0 Å². The van der Waals surface area contributed by atoms with Crippen LogP contribution in [-0.4, -0.2) is 33.1 Å². The van der Waals surface area contributed by atoms with Crippen molar-refractivity contribution in [3.63, 3.8) is 0 Å². The summed E-state index contributed by atoms with van der Waals surface area (Å²) in [5, 5.41) is 7.89. The molecule has 1 fully saturated rings. The van der Waals surface area contributed by atoms with E-state index in [4.69, 9.17) is 9.37 Å². The Hall–Kier alpha value is -2.21. The number of hydrogen-bond donors (Lipinski definition) is 0. The Bertz CT molecular complexity index is 743. The lowest BCUT2D eigenvalue weighted by molar-refractivity contribution is 0.0485. The van der Waals surface area contributed by atoms with Crippen molar-refractivity contribution in [2.45, 2.75) is 19.4 Å². The molecular formula is C15H16N4O2. The number of rotatable bonds is 3. The van der Waals surface area contributed by atoms with Crippen molar-refractivity contribution in [3.05, 3.63) is 30.6 Å². The molecule has 1 saturated heterocycles. The third-order valence-corrected chi connectivity index (χ3v) is 3.95. The molecule has 108 valence electrons. The van der Waals surface area contributed by atoms with Crippen molar-refractivity contribution >= 4 is 11.0 Å². The first kappa shape index (κ1) is 12.5. The molecule has 0 aliphatic carbocycles. The minimum absolute atomic E-state index is 0.543. The van der Waals surface area contributed by atoms with E-state index >= 15 is 0 Å². The molecule has 6 nitrogen and oxygen atoms in total. The van der Waals surface area contributed by atoms with Crippen LogP contribution >= 0.6 is 0 Å². The maximum absolute atomic E-state index is 5.56. The van der Waals surface area contributed by atoms with E-state index in [1.54, 1.807) is 0 Å². The van der Waals surface area contributed by atoms with Gasteiger partial charge in [-0.2, -0.15) is 0 Å². The highest BCUT2D eigenvalue weighted by Crippen LogP contribution is 2.26. The second-order valence-electron chi connectivity index (χ2n) is 5.42. The third kappa shape index (κ3) is 2.31. The van der Waals surface area contributed by atoms with Crippen LogP contribution in [0.2, 0.25) is 0 Å². The first-order valence-electron chi connectivity index (χ1n) is 7.22. The summed E-state index contributed by atoms with van der Waals surface area (Å²) in [6.45, 7) is 2.63. The van der Waals surface area contributed by atoms with Gasteiger partial charge in [0.1, 0.15) is 16.9 Å². The van der Waals surface area contributed by atoms with Crippen molar-refractivity contribution in [2.24, 2.45) is 5.92 Å². The molecule has 0 unspecified atom stereocenters. The highest BCUT2D eigenvalue weighted by atomic mass is 16.6. The number of ether oxygens (including phenoxy) is 1. The summed E-state index contributed by atoms with van der Waals surface area (Å²) >= 11 is 0. The Kier molecular flexibility index (Phi) is 3.16. The van der Waals surface area contributed by atoms with Crippen molar-refractivity contribution < 1.29 is 9.37 Å². The molecule has 0 N–H and O–H groups in total. The SMILES string of the molecule is c1cc(-c2nccn2C[C@@H]2CCCOC2)c2nonc2c1. The predicted octanol–water partition coefficient (Wildman–Crippen LogP) is 2.51. The molecule has 6 heteroatoms. The van der Waals surface area contributed by atoms with Crippen molar-refractivity contribution in [3.8, 4) is 11.4 Å². The van der Waals surface area contributed by atoms with Crippen LogP contribution in [-0.2, 0) is 11.3 Å². The quantitative estimate of drug-likeness (QED) is 0.739. The van der Waals surface area contributed by atoms with Crippen LogP contribution in [0.4, 0.5) is 0 Å². The standard InChI is InChI=1S/C15H16N4O2/c1-4-12(14-13(5-1)17-21-18-14)15-16-6-7-19(15)9-11-3-2-8-20-10-11/h1,4-7,11H,2-3,8-10H2/t11-/m0/s1. The average molecular weight is 284 g/mol. The van der Waals surface area contributed by atoms with Gasteiger partial charge in [-0.05, 0) is 35.3 Å². The zero-order valence-corrected chi connectivity index (χ0v) is 11.6. The van der Waals surface area contributed by atoms with Gasteiger partial charge in [-0.1, -0.05) is 6.07 Å². The molecule has 21 heavy (non-hydrogen) atoms. The van der Waals surface area contributed by atoms with Gasteiger partial charge in [-0.25, -0.2) is 9.61 Å². The Morgan fingerprint density at radius 3 is 3.19 bits per heavy atom. The van der Waals surface area contributed by atoms with Crippen molar-refractivity contribution in [1.29, 1.82) is 0 Å². The predicted molar refractivity (Wildman–Crippen MR) is 76.6 cm³/mol. The summed E-state index contributed by atoms with van der Waals surface area (Å²) in [6, 6.07) is 5.84. The van der Waals surface area contributed by atoms with Crippen molar-refractivity contribution in [1.82, 2.24) is 19.9 Å². The Morgan fingerprint density at radius 1 is 1.29 bits per heavy atom. The monoisotopic (exact) mass is 284 g/mol. The van der Waals surface area contributed by atoms with Gasteiger partial charge in [0.25, 0.3) is 0 Å². The van der Waals surface area contributed by atoms with Crippen LogP contribution in [0.1, 0.15) is 12.8 Å². The largest absolute Gasteiger partial charge is 0.381 e. The molecule has 0 saturated carbocycles. The molecule has 1 aromatic carbocycles. The van der Waals surface area contributed by atoms with Gasteiger partial charge in [0.15, 0.2) is 0 Å². The van der Waals surface area contributed by atoms with Gasteiger partial charge in [0, 0.05) is 37.0 Å². The van der Waals surface area contributed by atoms with E-state index in [0.29, 0.717) is 5.92 Å².